The van der Waals surface area contributed by atoms with Gasteiger partial charge >= 0.3 is 12.3 Å². The van der Waals surface area contributed by atoms with E-state index in [2.05, 4.69) is 4.74 Å². The molecule has 0 bridgehead atoms. The second-order valence-electron chi connectivity index (χ2n) is 4.21. The van der Waals surface area contributed by atoms with Crippen molar-refractivity contribution in [1.29, 1.82) is 0 Å². The van der Waals surface area contributed by atoms with E-state index in [4.69, 9.17) is 0 Å². The Kier molecular flexibility index (Phi) is 3.19. The molecule has 0 N–H and O–H groups in total. The van der Waals surface area contributed by atoms with Crippen molar-refractivity contribution >= 4 is 6.09 Å². The first-order chi connectivity index (χ1) is 8.39. The summed E-state index contributed by atoms with van der Waals surface area (Å²) in [5, 5.41) is 0. The first-order valence-electron chi connectivity index (χ1n) is 5.43. The summed E-state index contributed by atoms with van der Waals surface area (Å²) in [4.78, 5) is 12.2. The molecule has 1 fully saturated rings. The maximum Gasteiger partial charge on any atom is 0.427 e. The molecule has 1 heterocycles. The molecule has 0 unspecified atom stereocenters. The lowest BCUT2D eigenvalue weighted by Crippen LogP contribution is -2.43. The number of hydrogen-bond acceptors (Lipinski definition) is 2. The maximum atomic E-state index is 12.8. The van der Waals surface area contributed by atoms with Crippen LogP contribution in [-0.4, -0.2) is 36.4 Å². The van der Waals surface area contributed by atoms with E-state index in [9.17, 15) is 18.0 Å². The van der Waals surface area contributed by atoms with Crippen LogP contribution in [0.4, 0.5) is 18.0 Å². The van der Waals surface area contributed by atoms with Gasteiger partial charge in [-0.15, -0.1) is 0 Å². The minimum absolute atomic E-state index is 0.118. The molecular weight excluding hydrogens is 247 g/mol. The number of amides is 1. The lowest BCUT2D eigenvalue weighted by Gasteiger charge is -2.23. The Morgan fingerprint density at radius 2 is 1.89 bits per heavy atom. The largest absolute Gasteiger partial charge is 0.434 e. The van der Waals surface area contributed by atoms with Gasteiger partial charge in [-0.3, -0.25) is 0 Å². The molecule has 1 aliphatic rings. The topological polar surface area (TPSA) is 29.5 Å². The normalized spacial score (nSPS) is 24.2. The van der Waals surface area contributed by atoms with Gasteiger partial charge in [0.1, 0.15) is 0 Å². The third-order valence-electron chi connectivity index (χ3n) is 2.97. The van der Waals surface area contributed by atoms with Crippen molar-refractivity contribution in [1.82, 2.24) is 4.90 Å². The molecule has 0 aromatic heterocycles. The lowest BCUT2D eigenvalue weighted by molar-refractivity contribution is -0.200. The number of cyclic esters (lactones) is 1. The standard InChI is InChI=1S/C12H12F3NO2/c1-16-9(7-8-5-3-2-4-6-8)10(12(13,14)15)18-11(16)17/h2-6,9-10H,7H2,1H3/t9-,10+/m0/s1. The summed E-state index contributed by atoms with van der Waals surface area (Å²) in [6.45, 7) is 0. The van der Waals surface area contributed by atoms with Crippen molar-refractivity contribution in [3.05, 3.63) is 35.9 Å². The number of benzene rings is 1. The minimum Gasteiger partial charge on any atom is -0.434 e. The molecule has 6 heteroatoms. The first kappa shape index (κ1) is 12.7. The van der Waals surface area contributed by atoms with Gasteiger partial charge in [0.25, 0.3) is 0 Å². The molecule has 3 nitrogen and oxygen atoms in total. The average molecular weight is 259 g/mol. The van der Waals surface area contributed by atoms with Gasteiger partial charge in [0.05, 0.1) is 6.04 Å². The van der Waals surface area contributed by atoms with Gasteiger partial charge in [-0.1, -0.05) is 30.3 Å². The summed E-state index contributed by atoms with van der Waals surface area (Å²) >= 11 is 0. The van der Waals surface area contributed by atoms with Crippen LogP contribution in [0.3, 0.4) is 0 Å². The third-order valence-corrected chi connectivity index (χ3v) is 2.97. The molecule has 0 aliphatic carbocycles. The highest BCUT2D eigenvalue weighted by Gasteiger charge is 2.54. The average Bonchev–Trinajstić information content (AvgIpc) is 2.58. The van der Waals surface area contributed by atoms with E-state index >= 15 is 0 Å². The molecule has 18 heavy (non-hydrogen) atoms. The highest BCUT2D eigenvalue weighted by atomic mass is 19.4. The quantitative estimate of drug-likeness (QED) is 0.817. The zero-order valence-electron chi connectivity index (χ0n) is 9.65. The molecule has 0 radical (unpaired) electrons. The smallest absolute Gasteiger partial charge is 0.427 e. The minimum atomic E-state index is -4.54. The number of nitrogens with zero attached hydrogens (tertiary/aromatic N) is 1. The molecule has 1 aliphatic heterocycles. The van der Waals surface area contributed by atoms with E-state index in [1.54, 1.807) is 30.3 Å². The Morgan fingerprint density at radius 1 is 1.28 bits per heavy atom. The molecule has 1 amide bonds. The highest BCUT2D eigenvalue weighted by Crippen LogP contribution is 2.33. The van der Waals surface area contributed by atoms with Gasteiger partial charge in [-0.25, -0.2) is 4.79 Å². The molecule has 1 aromatic carbocycles. The molecular formula is C12H12F3NO2. The zero-order chi connectivity index (χ0) is 13.3. The van der Waals surface area contributed by atoms with Crippen molar-refractivity contribution in [2.24, 2.45) is 0 Å². The number of carbonyl (C=O) groups is 1. The summed E-state index contributed by atoms with van der Waals surface area (Å²) in [6, 6.07) is 7.71. The van der Waals surface area contributed by atoms with Crippen LogP contribution in [0, 0.1) is 0 Å². The van der Waals surface area contributed by atoms with Crippen LogP contribution >= 0.6 is 0 Å². The Bertz CT molecular complexity index is 433. The van der Waals surface area contributed by atoms with Crippen LogP contribution in [0.2, 0.25) is 0 Å². The molecule has 98 valence electrons. The molecule has 0 spiro atoms. The Balaban J connectivity index is 2.20. The van der Waals surface area contributed by atoms with Gasteiger partial charge in [0.2, 0.25) is 6.10 Å². The van der Waals surface area contributed by atoms with Crippen LogP contribution in [0.15, 0.2) is 30.3 Å². The van der Waals surface area contributed by atoms with Gasteiger partial charge in [-0.05, 0) is 12.0 Å². The summed E-state index contributed by atoms with van der Waals surface area (Å²) in [6.07, 6.45) is -7.42. The van der Waals surface area contributed by atoms with Crippen LogP contribution < -0.4 is 0 Å². The van der Waals surface area contributed by atoms with Crippen molar-refractivity contribution in [2.75, 3.05) is 7.05 Å². The van der Waals surface area contributed by atoms with E-state index < -0.39 is 24.4 Å². The van der Waals surface area contributed by atoms with Gasteiger partial charge in [-0.2, -0.15) is 13.2 Å². The number of likely N-dealkylation sites (N-methyl/N-ethyl adjacent to an activating group) is 1. The van der Waals surface area contributed by atoms with Crippen LogP contribution in [0.25, 0.3) is 0 Å². The number of carbonyl (C=O) groups excluding carboxylic acids is 1. The van der Waals surface area contributed by atoms with Crippen molar-refractivity contribution < 1.29 is 22.7 Å². The molecule has 1 aromatic rings. The van der Waals surface area contributed by atoms with E-state index in [1.807, 2.05) is 0 Å². The lowest BCUT2D eigenvalue weighted by atomic mass is 10.0. The fourth-order valence-corrected chi connectivity index (χ4v) is 1.99. The second kappa shape index (κ2) is 4.51. The molecule has 0 saturated carbocycles. The van der Waals surface area contributed by atoms with E-state index in [0.717, 1.165) is 10.5 Å². The fourth-order valence-electron chi connectivity index (χ4n) is 1.99. The molecule has 1 saturated heterocycles. The van der Waals surface area contributed by atoms with Crippen LogP contribution in [0.1, 0.15) is 5.56 Å². The van der Waals surface area contributed by atoms with Gasteiger partial charge < -0.3 is 9.64 Å². The predicted octanol–water partition coefficient (Wildman–Crippen LogP) is 2.61. The first-order valence-corrected chi connectivity index (χ1v) is 5.43. The van der Waals surface area contributed by atoms with Gasteiger partial charge in [0, 0.05) is 7.05 Å². The van der Waals surface area contributed by atoms with Crippen molar-refractivity contribution in [3.8, 4) is 0 Å². The Morgan fingerprint density at radius 3 is 2.44 bits per heavy atom. The second-order valence-corrected chi connectivity index (χ2v) is 4.21. The highest BCUT2D eigenvalue weighted by molar-refractivity contribution is 5.70. The summed E-state index contributed by atoms with van der Waals surface area (Å²) < 4.78 is 42.7. The third kappa shape index (κ3) is 2.42. The summed E-state index contributed by atoms with van der Waals surface area (Å²) in [7, 11) is 1.32. The van der Waals surface area contributed by atoms with Crippen LogP contribution in [-0.2, 0) is 11.2 Å². The Hall–Kier alpha value is -1.72. The molecule has 2 atom stereocenters. The summed E-state index contributed by atoms with van der Waals surface area (Å²) in [5.74, 6) is 0. The zero-order valence-corrected chi connectivity index (χ0v) is 9.65. The van der Waals surface area contributed by atoms with Gasteiger partial charge in [0.15, 0.2) is 0 Å². The molecule has 2 rings (SSSR count). The van der Waals surface area contributed by atoms with E-state index in [1.165, 1.54) is 7.05 Å². The maximum absolute atomic E-state index is 12.8. The number of hydrogen-bond donors (Lipinski definition) is 0. The monoisotopic (exact) mass is 259 g/mol. The number of rotatable bonds is 2. The number of ether oxygens (including phenoxy) is 1. The van der Waals surface area contributed by atoms with Crippen molar-refractivity contribution in [3.63, 3.8) is 0 Å². The predicted molar refractivity (Wildman–Crippen MR) is 58.0 cm³/mol. The Labute approximate surface area is 102 Å². The number of halogens is 3. The van der Waals surface area contributed by atoms with E-state index in [-0.39, 0.29) is 6.42 Å². The number of alkyl halides is 3. The summed E-state index contributed by atoms with van der Waals surface area (Å²) in [5.41, 5.74) is 0.738. The fraction of sp³-hybridized carbons (Fsp3) is 0.417. The van der Waals surface area contributed by atoms with Crippen LogP contribution in [0.5, 0.6) is 0 Å². The van der Waals surface area contributed by atoms with Crippen molar-refractivity contribution in [2.45, 2.75) is 24.7 Å². The van der Waals surface area contributed by atoms with E-state index in [0.29, 0.717) is 0 Å². The SMILES string of the molecule is CN1C(=O)O[C@@H](C(F)(F)F)[C@@H]1Cc1ccccc1.